The minimum atomic E-state index is 0.119. The fourth-order valence-electron chi connectivity index (χ4n) is 2.09. The van der Waals surface area contributed by atoms with Crippen LogP contribution in [0.2, 0.25) is 5.02 Å². The van der Waals surface area contributed by atoms with E-state index in [1.165, 1.54) is 0 Å². The Labute approximate surface area is 118 Å². The van der Waals surface area contributed by atoms with Gasteiger partial charge in [0.2, 0.25) is 5.91 Å². The predicted octanol–water partition coefficient (Wildman–Crippen LogP) is 2.36. The summed E-state index contributed by atoms with van der Waals surface area (Å²) in [4.78, 5) is 13.8. The van der Waals surface area contributed by atoms with Gasteiger partial charge >= 0.3 is 0 Å². The predicted molar refractivity (Wildman–Crippen MR) is 73.6 cm³/mol. The molecule has 0 aliphatic carbocycles. The van der Waals surface area contributed by atoms with Gasteiger partial charge in [-0.05, 0) is 30.7 Å². The number of ether oxygens (including phenoxy) is 2. The molecular formula is C14H18ClNO3. The molecule has 0 spiro atoms. The molecule has 1 fully saturated rings. The van der Waals surface area contributed by atoms with Gasteiger partial charge in [-0.1, -0.05) is 11.6 Å². The molecule has 0 N–H and O–H groups in total. The van der Waals surface area contributed by atoms with Gasteiger partial charge in [0.25, 0.3) is 0 Å². The fourth-order valence-corrected chi connectivity index (χ4v) is 2.22. The van der Waals surface area contributed by atoms with E-state index < -0.39 is 0 Å². The van der Waals surface area contributed by atoms with Crippen molar-refractivity contribution in [2.75, 3.05) is 26.8 Å². The van der Waals surface area contributed by atoms with Gasteiger partial charge in [0, 0.05) is 25.2 Å². The fraction of sp³-hybridized carbons (Fsp3) is 0.500. The highest BCUT2D eigenvalue weighted by atomic mass is 35.5. The second-order valence-corrected chi connectivity index (χ2v) is 4.97. The Morgan fingerprint density at radius 1 is 1.42 bits per heavy atom. The van der Waals surface area contributed by atoms with Crippen molar-refractivity contribution in [2.45, 2.75) is 18.9 Å². The lowest BCUT2D eigenvalue weighted by atomic mass is 10.3. The van der Waals surface area contributed by atoms with Crippen molar-refractivity contribution in [3.05, 3.63) is 29.3 Å². The first-order chi connectivity index (χ1) is 9.19. The summed E-state index contributed by atoms with van der Waals surface area (Å²) in [5.74, 6) is 0.849. The minimum Gasteiger partial charge on any atom is -0.493 e. The van der Waals surface area contributed by atoms with Crippen molar-refractivity contribution < 1.29 is 14.3 Å². The van der Waals surface area contributed by atoms with Crippen LogP contribution in [0.25, 0.3) is 0 Å². The highest BCUT2D eigenvalue weighted by molar-refractivity contribution is 6.30. The van der Waals surface area contributed by atoms with E-state index in [1.807, 2.05) is 4.90 Å². The van der Waals surface area contributed by atoms with Gasteiger partial charge in [0.15, 0.2) is 0 Å². The minimum absolute atomic E-state index is 0.119. The second-order valence-electron chi connectivity index (χ2n) is 4.54. The van der Waals surface area contributed by atoms with Crippen molar-refractivity contribution in [3.8, 4) is 5.75 Å². The maximum absolute atomic E-state index is 11.9. The average Bonchev–Trinajstić information content (AvgIpc) is 2.90. The van der Waals surface area contributed by atoms with Crippen molar-refractivity contribution in [2.24, 2.45) is 0 Å². The third-order valence-corrected chi connectivity index (χ3v) is 3.48. The molecule has 0 radical (unpaired) electrons. The molecular weight excluding hydrogens is 266 g/mol. The van der Waals surface area contributed by atoms with Crippen LogP contribution in [0.4, 0.5) is 0 Å². The zero-order valence-electron chi connectivity index (χ0n) is 11.0. The molecule has 1 aromatic carbocycles. The van der Waals surface area contributed by atoms with Crippen LogP contribution in [0.5, 0.6) is 5.75 Å². The zero-order chi connectivity index (χ0) is 13.7. The lowest BCUT2D eigenvalue weighted by Gasteiger charge is -2.16. The van der Waals surface area contributed by atoms with Crippen molar-refractivity contribution in [3.63, 3.8) is 0 Å². The molecule has 0 saturated carbocycles. The van der Waals surface area contributed by atoms with Gasteiger partial charge in [-0.25, -0.2) is 0 Å². The van der Waals surface area contributed by atoms with Gasteiger partial charge in [-0.2, -0.15) is 0 Å². The molecule has 1 heterocycles. The first kappa shape index (κ1) is 14.2. The largest absolute Gasteiger partial charge is 0.493 e. The third-order valence-electron chi connectivity index (χ3n) is 3.23. The number of nitrogens with zero attached hydrogens (tertiary/aromatic N) is 1. The number of benzene rings is 1. The van der Waals surface area contributed by atoms with Crippen LogP contribution in [-0.4, -0.2) is 43.7 Å². The van der Waals surface area contributed by atoms with Crippen LogP contribution in [0, 0.1) is 0 Å². The number of hydrogen-bond donors (Lipinski definition) is 0. The molecule has 1 aromatic rings. The molecule has 1 aliphatic rings. The Bertz CT molecular complexity index is 421. The number of methoxy groups -OCH3 is 1. The summed E-state index contributed by atoms with van der Waals surface area (Å²) in [5.41, 5.74) is 0. The van der Waals surface area contributed by atoms with E-state index in [1.54, 1.807) is 31.4 Å². The number of halogens is 1. The van der Waals surface area contributed by atoms with E-state index in [-0.39, 0.29) is 12.0 Å². The molecule has 1 atom stereocenters. The number of carbonyl (C=O) groups excluding carboxylic acids is 1. The summed E-state index contributed by atoms with van der Waals surface area (Å²) < 4.78 is 10.7. The monoisotopic (exact) mass is 283 g/mol. The zero-order valence-corrected chi connectivity index (χ0v) is 11.7. The standard InChI is InChI=1S/C14H18ClNO3/c1-18-13-6-8-16(10-13)14(17)7-9-19-12-4-2-11(15)3-5-12/h2-5,13H,6-10H2,1H3. The highest BCUT2D eigenvalue weighted by Crippen LogP contribution is 2.16. The quantitative estimate of drug-likeness (QED) is 0.833. The molecule has 2 rings (SSSR count). The second kappa shape index (κ2) is 6.78. The Morgan fingerprint density at radius 3 is 2.79 bits per heavy atom. The van der Waals surface area contributed by atoms with E-state index in [0.29, 0.717) is 24.6 Å². The topological polar surface area (TPSA) is 38.8 Å². The summed E-state index contributed by atoms with van der Waals surface area (Å²) in [6.07, 6.45) is 1.49. The smallest absolute Gasteiger partial charge is 0.226 e. The first-order valence-corrected chi connectivity index (χ1v) is 6.76. The van der Waals surface area contributed by atoms with Crippen molar-refractivity contribution in [1.29, 1.82) is 0 Å². The molecule has 1 unspecified atom stereocenters. The number of rotatable bonds is 5. The van der Waals surface area contributed by atoms with Crippen LogP contribution in [0.1, 0.15) is 12.8 Å². The Kier molecular flexibility index (Phi) is 5.05. The van der Waals surface area contributed by atoms with Gasteiger partial charge in [-0.3, -0.25) is 4.79 Å². The molecule has 1 aliphatic heterocycles. The van der Waals surface area contributed by atoms with Crippen LogP contribution in [0.15, 0.2) is 24.3 Å². The molecule has 1 amide bonds. The van der Waals surface area contributed by atoms with Crippen molar-refractivity contribution in [1.82, 2.24) is 4.90 Å². The van der Waals surface area contributed by atoms with E-state index in [4.69, 9.17) is 21.1 Å². The van der Waals surface area contributed by atoms with E-state index >= 15 is 0 Å². The number of carbonyl (C=O) groups is 1. The molecule has 0 bridgehead atoms. The van der Waals surface area contributed by atoms with Crippen LogP contribution in [0.3, 0.4) is 0 Å². The Morgan fingerprint density at radius 2 is 2.16 bits per heavy atom. The van der Waals surface area contributed by atoms with Gasteiger partial charge in [-0.15, -0.1) is 0 Å². The summed E-state index contributed by atoms with van der Waals surface area (Å²) >= 11 is 5.78. The Hall–Kier alpha value is -1.26. The van der Waals surface area contributed by atoms with Crippen molar-refractivity contribution >= 4 is 17.5 Å². The molecule has 0 aromatic heterocycles. The van der Waals surface area contributed by atoms with E-state index in [0.717, 1.165) is 18.7 Å². The van der Waals surface area contributed by atoms with E-state index in [9.17, 15) is 4.79 Å². The molecule has 1 saturated heterocycles. The normalized spacial score (nSPS) is 18.6. The molecule has 19 heavy (non-hydrogen) atoms. The SMILES string of the molecule is COC1CCN(C(=O)CCOc2ccc(Cl)cc2)C1. The Balaban J connectivity index is 1.71. The lowest BCUT2D eigenvalue weighted by molar-refractivity contribution is -0.131. The summed E-state index contributed by atoms with van der Waals surface area (Å²) in [5, 5.41) is 0.672. The summed E-state index contributed by atoms with van der Waals surface area (Å²) in [7, 11) is 1.68. The van der Waals surface area contributed by atoms with Crippen LogP contribution in [-0.2, 0) is 9.53 Å². The number of likely N-dealkylation sites (tertiary alicyclic amines) is 1. The summed E-state index contributed by atoms with van der Waals surface area (Å²) in [6, 6.07) is 7.12. The van der Waals surface area contributed by atoms with Crippen LogP contribution >= 0.6 is 11.6 Å². The molecule has 4 nitrogen and oxygen atoms in total. The highest BCUT2D eigenvalue weighted by Gasteiger charge is 2.25. The number of amides is 1. The first-order valence-electron chi connectivity index (χ1n) is 6.38. The summed E-state index contributed by atoms with van der Waals surface area (Å²) in [6.45, 7) is 1.85. The van der Waals surface area contributed by atoms with Crippen LogP contribution < -0.4 is 4.74 Å². The third kappa shape index (κ3) is 4.11. The van der Waals surface area contributed by atoms with E-state index in [2.05, 4.69) is 0 Å². The maximum atomic E-state index is 11.9. The lowest BCUT2D eigenvalue weighted by Crippen LogP contribution is -2.30. The molecule has 5 heteroatoms. The van der Waals surface area contributed by atoms with Gasteiger partial charge in [0.1, 0.15) is 5.75 Å². The number of hydrogen-bond acceptors (Lipinski definition) is 3. The van der Waals surface area contributed by atoms with Gasteiger partial charge < -0.3 is 14.4 Å². The van der Waals surface area contributed by atoms with Gasteiger partial charge in [0.05, 0.1) is 19.1 Å². The maximum Gasteiger partial charge on any atom is 0.226 e. The molecule has 104 valence electrons. The average molecular weight is 284 g/mol.